The topological polar surface area (TPSA) is 35.5 Å². The van der Waals surface area contributed by atoms with Crippen molar-refractivity contribution in [3.63, 3.8) is 0 Å². The van der Waals surface area contributed by atoms with E-state index in [9.17, 15) is 4.79 Å². The summed E-state index contributed by atoms with van der Waals surface area (Å²) in [6, 6.07) is 10.1. The largest absolute Gasteiger partial charge is 0.497 e. The van der Waals surface area contributed by atoms with Crippen molar-refractivity contribution in [2.24, 2.45) is 0 Å². The van der Waals surface area contributed by atoms with E-state index < -0.39 is 0 Å². The van der Waals surface area contributed by atoms with Gasteiger partial charge in [0.25, 0.3) is 0 Å². The van der Waals surface area contributed by atoms with Crippen molar-refractivity contribution in [3.8, 4) is 11.5 Å². The van der Waals surface area contributed by atoms with Crippen LogP contribution < -0.4 is 9.47 Å². The molecule has 0 aromatic heterocycles. The fraction of sp³-hybridized carbons (Fsp3) is 0.188. The normalized spacial score (nSPS) is 10.3. The maximum Gasteiger partial charge on any atom is 0.171 e. The zero-order chi connectivity index (χ0) is 15.4. The number of carbonyl (C=O) groups excluding carboxylic acids is 1. The molecular weight excluding hydrogens is 311 g/mol. The van der Waals surface area contributed by atoms with Crippen molar-refractivity contribution >= 4 is 29.0 Å². The van der Waals surface area contributed by atoms with Gasteiger partial charge in [-0.1, -0.05) is 23.2 Å². The van der Waals surface area contributed by atoms with Crippen molar-refractivity contribution in [1.82, 2.24) is 0 Å². The van der Waals surface area contributed by atoms with Gasteiger partial charge in [0.1, 0.15) is 11.5 Å². The van der Waals surface area contributed by atoms with E-state index in [2.05, 4.69) is 0 Å². The Morgan fingerprint density at radius 3 is 2.48 bits per heavy atom. The molecule has 5 heteroatoms. The van der Waals surface area contributed by atoms with Crippen LogP contribution in [0, 0.1) is 0 Å². The number of halogens is 2. The number of ketones is 1. The molecule has 2 rings (SSSR count). The summed E-state index contributed by atoms with van der Waals surface area (Å²) in [5, 5.41) is 1.05. The first-order valence-electron chi connectivity index (χ1n) is 6.24. The lowest BCUT2D eigenvalue weighted by atomic mass is 10.0. The molecule has 0 amide bonds. The average molecular weight is 325 g/mol. The number of Topliss-reactive ketones (excluding diaryl/α,β-unsaturated/α-hetero) is 1. The predicted octanol–water partition coefficient (Wildman–Crippen LogP) is 4.44. The monoisotopic (exact) mass is 324 g/mol. The van der Waals surface area contributed by atoms with Crippen LogP contribution in [-0.2, 0) is 6.42 Å². The maximum absolute atomic E-state index is 12.5. The summed E-state index contributed by atoms with van der Waals surface area (Å²) in [4.78, 5) is 12.5. The van der Waals surface area contributed by atoms with Crippen LogP contribution in [0.5, 0.6) is 11.5 Å². The van der Waals surface area contributed by atoms with Crippen molar-refractivity contribution in [1.29, 1.82) is 0 Å². The smallest absolute Gasteiger partial charge is 0.171 e. The first-order valence-corrected chi connectivity index (χ1v) is 7.00. The van der Waals surface area contributed by atoms with Crippen LogP contribution in [0.25, 0.3) is 0 Å². The second kappa shape index (κ2) is 6.83. The standard InChI is InChI=1S/C16H14Cl2O3/c1-20-12-4-6-16(21-2)13(9-12)15(19)8-10-7-11(17)3-5-14(10)18/h3-7,9H,8H2,1-2H3. The number of rotatable bonds is 5. The zero-order valence-electron chi connectivity index (χ0n) is 11.7. The molecule has 0 aliphatic carbocycles. The summed E-state index contributed by atoms with van der Waals surface area (Å²) in [7, 11) is 3.06. The summed E-state index contributed by atoms with van der Waals surface area (Å²) in [5.41, 5.74) is 1.13. The van der Waals surface area contributed by atoms with Gasteiger partial charge in [-0.2, -0.15) is 0 Å². The molecular formula is C16H14Cl2O3. The molecule has 2 aromatic carbocycles. The van der Waals surface area contributed by atoms with E-state index >= 15 is 0 Å². The molecule has 0 heterocycles. The number of benzene rings is 2. The molecule has 21 heavy (non-hydrogen) atoms. The minimum absolute atomic E-state index is 0.116. The maximum atomic E-state index is 12.5. The Kier molecular flexibility index (Phi) is 5.10. The van der Waals surface area contributed by atoms with E-state index in [0.717, 1.165) is 0 Å². The van der Waals surface area contributed by atoms with E-state index in [1.54, 1.807) is 43.5 Å². The Morgan fingerprint density at radius 1 is 1.05 bits per heavy atom. The number of hydrogen-bond donors (Lipinski definition) is 0. The molecule has 0 aliphatic heterocycles. The molecule has 0 aliphatic rings. The van der Waals surface area contributed by atoms with Crippen molar-refractivity contribution in [3.05, 3.63) is 57.6 Å². The van der Waals surface area contributed by atoms with Crippen LogP contribution in [0.2, 0.25) is 10.0 Å². The predicted molar refractivity (Wildman–Crippen MR) is 84.0 cm³/mol. The Balaban J connectivity index is 2.33. The number of ether oxygens (including phenoxy) is 2. The van der Waals surface area contributed by atoms with Gasteiger partial charge < -0.3 is 9.47 Å². The molecule has 0 fully saturated rings. The first-order chi connectivity index (χ1) is 10.0. The van der Waals surface area contributed by atoms with E-state index in [1.807, 2.05) is 0 Å². The van der Waals surface area contributed by atoms with Gasteiger partial charge in [0.15, 0.2) is 5.78 Å². The average Bonchev–Trinajstić information content (AvgIpc) is 2.50. The molecule has 0 radical (unpaired) electrons. The van der Waals surface area contributed by atoms with Crippen LogP contribution >= 0.6 is 23.2 Å². The highest BCUT2D eigenvalue weighted by Crippen LogP contribution is 2.27. The van der Waals surface area contributed by atoms with E-state index in [0.29, 0.717) is 32.7 Å². The Labute approximate surface area is 133 Å². The highest BCUT2D eigenvalue weighted by Gasteiger charge is 2.16. The van der Waals surface area contributed by atoms with Crippen LogP contribution in [0.3, 0.4) is 0 Å². The third kappa shape index (κ3) is 3.69. The first kappa shape index (κ1) is 15.7. The summed E-state index contributed by atoms with van der Waals surface area (Å²) in [6.45, 7) is 0. The molecule has 0 bridgehead atoms. The third-order valence-corrected chi connectivity index (χ3v) is 3.67. The fourth-order valence-corrected chi connectivity index (χ4v) is 2.36. The van der Waals surface area contributed by atoms with Crippen molar-refractivity contribution in [2.75, 3.05) is 14.2 Å². The van der Waals surface area contributed by atoms with Crippen molar-refractivity contribution < 1.29 is 14.3 Å². The van der Waals surface area contributed by atoms with Gasteiger partial charge in [0.2, 0.25) is 0 Å². The Morgan fingerprint density at radius 2 is 1.81 bits per heavy atom. The molecule has 0 N–H and O–H groups in total. The van der Waals surface area contributed by atoms with Gasteiger partial charge in [-0.3, -0.25) is 4.79 Å². The molecule has 0 saturated heterocycles. The van der Waals surface area contributed by atoms with Gasteiger partial charge in [-0.15, -0.1) is 0 Å². The zero-order valence-corrected chi connectivity index (χ0v) is 13.2. The lowest BCUT2D eigenvalue weighted by Gasteiger charge is -2.10. The van der Waals surface area contributed by atoms with E-state index in [4.69, 9.17) is 32.7 Å². The van der Waals surface area contributed by atoms with Gasteiger partial charge in [0.05, 0.1) is 19.8 Å². The highest BCUT2D eigenvalue weighted by atomic mass is 35.5. The van der Waals surface area contributed by atoms with Crippen LogP contribution in [0.1, 0.15) is 15.9 Å². The molecule has 0 atom stereocenters. The SMILES string of the molecule is COc1ccc(OC)c(C(=O)Cc2cc(Cl)ccc2Cl)c1. The van der Waals surface area contributed by atoms with E-state index in [-0.39, 0.29) is 12.2 Å². The summed E-state index contributed by atoms with van der Waals surface area (Å²) in [5.74, 6) is 0.977. The second-order valence-corrected chi connectivity index (χ2v) is 5.25. The number of methoxy groups -OCH3 is 2. The summed E-state index contributed by atoms with van der Waals surface area (Å²) in [6.07, 6.45) is 0.142. The minimum Gasteiger partial charge on any atom is -0.497 e. The molecule has 3 nitrogen and oxygen atoms in total. The second-order valence-electron chi connectivity index (χ2n) is 4.40. The van der Waals surface area contributed by atoms with Gasteiger partial charge >= 0.3 is 0 Å². The van der Waals surface area contributed by atoms with Gasteiger partial charge in [0, 0.05) is 16.5 Å². The molecule has 2 aromatic rings. The molecule has 110 valence electrons. The molecule has 0 spiro atoms. The molecule has 0 saturated carbocycles. The van der Waals surface area contributed by atoms with Crippen LogP contribution in [-0.4, -0.2) is 20.0 Å². The van der Waals surface area contributed by atoms with Crippen LogP contribution in [0.4, 0.5) is 0 Å². The minimum atomic E-state index is -0.116. The fourth-order valence-electron chi connectivity index (χ4n) is 1.98. The summed E-state index contributed by atoms with van der Waals surface area (Å²) >= 11 is 12.0. The Bertz CT molecular complexity index is 669. The quantitative estimate of drug-likeness (QED) is 0.763. The third-order valence-electron chi connectivity index (χ3n) is 3.07. The lowest BCUT2D eigenvalue weighted by molar-refractivity contribution is 0.0989. The summed E-state index contributed by atoms with van der Waals surface area (Å²) < 4.78 is 10.4. The van der Waals surface area contributed by atoms with E-state index in [1.165, 1.54) is 7.11 Å². The highest BCUT2D eigenvalue weighted by molar-refractivity contribution is 6.33. The molecule has 0 unspecified atom stereocenters. The lowest BCUT2D eigenvalue weighted by Crippen LogP contribution is -2.06. The van der Waals surface area contributed by atoms with Crippen molar-refractivity contribution in [2.45, 2.75) is 6.42 Å². The Hall–Kier alpha value is -1.71. The number of carbonyl (C=O) groups is 1. The van der Waals surface area contributed by atoms with Crippen LogP contribution in [0.15, 0.2) is 36.4 Å². The van der Waals surface area contributed by atoms with Gasteiger partial charge in [-0.25, -0.2) is 0 Å². The van der Waals surface area contributed by atoms with Gasteiger partial charge in [-0.05, 0) is 42.0 Å². The number of hydrogen-bond acceptors (Lipinski definition) is 3.